The van der Waals surface area contributed by atoms with Crippen molar-refractivity contribution in [2.75, 3.05) is 18.1 Å². The fourth-order valence-corrected chi connectivity index (χ4v) is 1.63. The highest BCUT2D eigenvalue weighted by Crippen LogP contribution is 2.28. The van der Waals surface area contributed by atoms with Gasteiger partial charge in [0.2, 0.25) is 5.91 Å². The number of para-hydroxylation sites is 2. The minimum absolute atomic E-state index is 0.325. The van der Waals surface area contributed by atoms with Crippen LogP contribution in [-0.4, -0.2) is 30.1 Å². The van der Waals surface area contributed by atoms with Crippen LogP contribution in [0.1, 0.15) is 26.7 Å². The molecule has 0 radical (unpaired) electrons. The lowest BCUT2D eigenvalue weighted by Gasteiger charge is -2.22. The van der Waals surface area contributed by atoms with Crippen molar-refractivity contribution in [1.82, 2.24) is 0 Å². The number of unbranched alkanes of at least 4 members (excludes halogenated alkanes) is 1. The van der Waals surface area contributed by atoms with Crippen LogP contribution < -0.4 is 9.64 Å². The second-order valence-corrected chi connectivity index (χ2v) is 4.17. The predicted octanol–water partition coefficient (Wildman–Crippen LogP) is 2.30. The molecule has 1 rings (SSSR count). The number of aliphatic carboxylic acids is 1. The van der Waals surface area contributed by atoms with Crippen molar-refractivity contribution >= 4 is 17.6 Å². The number of carboxylic acids is 1. The molecule has 5 nitrogen and oxygen atoms in total. The summed E-state index contributed by atoms with van der Waals surface area (Å²) < 4.78 is 5.60. The Labute approximate surface area is 112 Å². The molecular formula is C14H19NO4. The zero-order valence-electron chi connectivity index (χ0n) is 11.3. The van der Waals surface area contributed by atoms with Gasteiger partial charge < -0.3 is 9.84 Å². The highest BCUT2D eigenvalue weighted by molar-refractivity contribution is 5.97. The van der Waals surface area contributed by atoms with Crippen molar-refractivity contribution in [3.8, 4) is 5.75 Å². The standard InChI is InChI=1S/C14H19NO4/c1-3-4-9-19-13-8-6-5-7-12(13)15(11(2)16)10-14(17)18/h5-8H,3-4,9-10H2,1-2H3,(H,17,18). The second kappa shape index (κ2) is 7.41. The van der Waals surface area contributed by atoms with Crippen LogP contribution in [0.5, 0.6) is 5.75 Å². The van der Waals surface area contributed by atoms with E-state index in [4.69, 9.17) is 9.84 Å². The molecule has 0 aliphatic rings. The van der Waals surface area contributed by atoms with Gasteiger partial charge in [0.1, 0.15) is 12.3 Å². The summed E-state index contributed by atoms with van der Waals surface area (Å²) >= 11 is 0. The molecule has 0 fully saturated rings. The summed E-state index contributed by atoms with van der Waals surface area (Å²) in [5, 5.41) is 8.86. The Balaban J connectivity index is 2.94. The van der Waals surface area contributed by atoms with Crippen molar-refractivity contribution in [2.24, 2.45) is 0 Å². The van der Waals surface area contributed by atoms with Crippen LogP contribution in [0.4, 0.5) is 5.69 Å². The molecule has 19 heavy (non-hydrogen) atoms. The van der Waals surface area contributed by atoms with Crippen LogP contribution in [0.3, 0.4) is 0 Å². The summed E-state index contributed by atoms with van der Waals surface area (Å²) in [6, 6.07) is 6.97. The van der Waals surface area contributed by atoms with E-state index in [1.165, 1.54) is 11.8 Å². The first-order valence-corrected chi connectivity index (χ1v) is 6.28. The molecule has 0 atom stereocenters. The van der Waals surface area contributed by atoms with Crippen LogP contribution in [-0.2, 0) is 9.59 Å². The SMILES string of the molecule is CCCCOc1ccccc1N(CC(=O)O)C(C)=O. The number of rotatable bonds is 7. The summed E-state index contributed by atoms with van der Waals surface area (Å²) in [5.41, 5.74) is 0.494. The quantitative estimate of drug-likeness (QED) is 0.768. The molecule has 0 bridgehead atoms. The first-order valence-electron chi connectivity index (χ1n) is 6.28. The Bertz CT molecular complexity index is 445. The van der Waals surface area contributed by atoms with Crippen molar-refractivity contribution in [3.05, 3.63) is 24.3 Å². The number of nitrogens with zero attached hydrogens (tertiary/aromatic N) is 1. The van der Waals surface area contributed by atoms with Gasteiger partial charge in [0.25, 0.3) is 0 Å². The summed E-state index contributed by atoms with van der Waals surface area (Å²) in [7, 11) is 0. The number of carboxylic acid groups (broad SMARTS) is 1. The van der Waals surface area contributed by atoms with E-state index in [1.807, 2.05) is 0 Å². The summed E-state index contributed by atoms with van der Waals surface area (Å²) in [6.45, 7) is 3.57. The lowest BCUT2D eigenvalue weighted by Crippen LogP contribution is -2.34. The molecule has 1 aromatic carbocycles. The van der Waals surface area contributed by atoms with Gasteiger partial charge >= 0.3 is 5.97 Å². The van der Waals surface area contributed by atoms with Crippen LogP contribution in [0, 0.1) is 0 Å². The van der Waals surface area contributed by atoms with Gasteiger partial charge in [0.05, 0.1) is 12.3 Å². The third-order valence-electron chi connectivity index (χ3n) is 2.58. The van der Waals surface area contributed by atoms with Crippen molar-refractivity contribution in [3.63, 3.8) is 0 Å². The molecule has 0 saturated heterocycles. The van der Waals surface area contributed by atoms with Gasteiger partial charge in [0, 0.05) is 6.92 Å². The Hall–Kier alpha value is -2.04. The van der Waals surface area contributed by atoms with Crippen molar-refractivity contribution < 1.29 is 19.4 Å². The van der Waals surface area contributed by atoms with E-state index in [0.29, 0.717) is 18.0 Å². The van der Waals surface area contributed by atoms with Gasteiger partial charge in [-0.25, -0.2) is 0 Å². The molecule has 0 spiro atoms. The van der Waals surface area contributed by atoms with Gasteiger partial charge in [-0.05, 0) is 18.6 Å². The second-order valence-electron chi connectivity index (χ2n) is 4.17. The van der Waals surface area contributed by atoms with E-state index in [2.05, 4.69) is 6.92 Å². The van der Waals surface area contributed by atoms with Crippen molar-refractivity contribution in [2.45, 2.75) is 26.7 Å². The molecule has 1 amide bonds. The van der Waals surface area contributed by atoms with Crippen LogP contribution in [0.25, 0.3) is 0 Å². The molecule has 0 saturated carbocycles. The van der Waals surface area contributed by atoms with E-state index in [-0.39, 0.29) is 12.5 Å². The van der Waals surface area contributed by atoms with Gasteiger partial charge in [-0.1, -0.05) is 25.5 Å². The average molecular weight is 265 g/mol. The Morgan fingerprint density at radius 3 is 2.58 bits per heavy atom. The fourth-order valence-electron chi connectivity index (χ4n) is 1.63. The zero-order chi connectivity index (χ0) is 14.3. The molecule has 0 aromatic heterocycles. The molecule has 0 unspecified atom stereocenters. The van der Waals surface area contributed by atoms with Crippen LogP contribution in [0.15, 0.2) is 24.3 Å². The highest BCUT2D eigenvalue weighted by atomic mass is 16.5. The fraction of sp³-hybridized carbons (Fsp3) is 0.429. The molecule has 0 aliphatic heterocycles. The first kappa shape index (κ1) is 15.0. The number of hydrogen-bond acceptors (Lipinski definition) is 3. The maximum Gasteiger partial charge on any atom is 0.323 e. The number of ether oxygens (including phenoxy) is 1. The van der Waals surface area contributed by atoms with Crippen molar-refractivity contribution in [1.29, 1.82) is 0 Å². The predicted molar refractivity (Wildman–Crippen MR) is 72.5 cm³/mol. The maximum atomic E-state index is 11.6. The molecular weight excluding hydrogens is 246 g/mol. The minimum Gasteiger partial charge on any atom is -0.491 e. The molecule has 1 aromatic rings. The van der Waals surface area contributed by atoms with Gasteiger partial charge in [-0.2, -0.15) is 0 Å². The number of carbonyl (C=O) groups is 2. The number of carbonyl (C=O) groups excluding carboxylic acids is 1. The average Bonchev–Trinajstić information content (AvgIpc) is 2.36. The van der Waals surface area contributed by atoms with E-state index in [1.54, 1.807) is 24.3 Å². The molecule has 1 N–H and O–H groups in total. The van der Waals surface area contributed by atoms with E-state index >= 15 is 0 Å². The number of benzene rings is 1. The van der Waals surface area contributed by atoms with Gasteiger partial charge in [-0.3, -0.25) is 14.5 Å². The van der Waals surface area contributed by atoms with E-state index in [0.717, 1.165) is 12.8 Å². The lowest BCUT2D eigenvalue weighted by atomic mass is 10.2. The monoisotopic (exact) mass is 265 g/mol. The van der Waals surface area contributed by atoms with Gasteiger partial charge in [-0.15, -0.1) is 0 Å². The lowest BCUT2D eigenvalue weighted by molar-refractivity contribution is -0.136. The topological polar surface area (TPSA) is 66.8 Å². The molecule has 5 heteroatoms. The van der Waals surface area contributed by atoms with E-state index in [9.17, 15) is 9.59 Å². The van der Waals surface area contributed by atoms with E-state index < -0.39 is 5.97 Å². The molecule has 0 heterocycles. The normalized spacial score (nSPS) is 10.0. The Kier molecular flexibility index (Phi) is 5.85. The Morgan fingerprint density at radius 1 is 1.32 bits per heavy atom. The van der Waals surface area contributed by atoms with Gasteiger partial charge in [0.15, 0.2) is 0 Å². The summed E-state index contributed by atoms with van der Waals surface area (Å²) in [5.74, 6) is -0.847. The largest absolute Gasteiger partial charge is 0.491 e. The number of anilines is 1. The smallest absolute Gasteiger partial charge is 0.323 e. The van der Waals surface area contributed by atoms with Crippen LogP contribution in [0.2, 0.25) is 0 Å². The number of amides is 1. The van der Waals surface area contributed by atoms with Crippen LogP contribution >= 0.6 is 0 Å². The first-order chi connectivity index (χ1) is 9.06. The third-order valence-corrected chi connectivity index (χ3v) is 2.58. The minimum atomic E-state index is -1.06. The molecule has 104 valence electrons. The maximum absolute atomic E-state index is 11.6. The highest BCUT2D eigenvalue weighted by Gasteiger charge is 2.18. The summed E-state index contributed by atoms with van der Waals surface area (Å²) in [4.78, 5) is 23.6. The summed E-state index contributed by atoms with van der Waals surface area (Å²) in [6.07, 6.45) is 1.92. The molecule has 0 aliphatic carbocycles. The Morgan fingerprint density at radius 2 is 2.00 bits per heavy atom. The zero-order valence-corrected chi connectivity index (χ0v) is 11.3. The third kappa shape index (κ3) is 4.62. The number of hydrogen-bond donors (Lipinski definition) is 1.